The number of likely N-dealkylation sites (N-methyl/N-ethyl adjacent to an activating group) is 1. The first-order valence-electron chi connectivity index (χ1n) is 13.3. The zero-order chi connectivity index (χ0) is 27.8. The highest BCUT2D eigenvalue weighted by Gasteiger charge is 2.23. The Morgan fingerprint density at radius 3 is 2.80 bits per heavy atom. The first-order valence-corrected chi connectivity index (χ1v) is 13.3. The van der Waals surface area contributed by atoms with E-state index in [-0.39, 0.29) is 0 Å². The molecule has 1 aliphatic rings. The van der Waals surface area contributed by atoms with E-state index in [0.29, 0.717) is 46.1 Å². The molecule has 0 saturated carbocycles. The van der Waals surface area contributed by atoms with Gasteiger partial charge in [-0.05, 0) is 38.6 Å². The Morgan fingerprint density at radius 2 is 2.02 bits per heavy atom. The van der Waals surface area contributed by atoms with E-state index in [1.807, 2.05) is 26.2 Å². The van der Waals surface area contributed by atoms with Gasteiger partial charge in [0.1, 0.15) is 5.75 Å². The topological polar surface area (TPSA) is 132 Å². The van der Waals surface area contributed by atoms with Crippen molar-refractivity contribution in [3.05, 3.63) is 54.2 Å². The molecule has 40 heavy (non-hydrogen) atoms. The van der Waals surface area contributed by atoms with E-state index in [4.69, 9.17) is 19.9 Å². The van der Waals surface area contributed by atoms with Gasteiger partial charge in [-0.2, -0.15) is 0 Å². The lowest BCUT2D eigenvalue weighted by Gasteiger charge is -2.17. The van der Waals surface area contributed by atoms with Crippen LogP contribution in [0.1, 0.15) is 17.9 Å². The molecule has 0 aliphatic carbocycles. The largest absolute Gasteiger partial charge is 0.494 e. The third-order valence-corrected chi connectivity index (χ3v) is 7.12. The third kappa shape index (κ3) is 4.79. The number of aromatic nitrogens is 5. The summed E-state index contributed by atoms with van der Waals surface area (Å²) in [7, 11) is 5.69. The summed E-state index contributed by atoms with van der Waals surface area (Å²) >= 11 is 0. The summed E-state index contributed by atoms with van der Waals surface area (Å²) < 4.78 is 13.8. The molecule has 206 valence electrons. The summed E-state index contributed by atoms with van der Waals surface area (Å²) in [6, 6.07) is 10.2. The molecule has 0 bridgehead atoms. The molecule has 4 heterocycles. The maximum Gasteiger partial charge on any atom is 0.251 e. The van der Waals surface area contributed by atoms with Crippen LogP contribution in [0.4, 0.5) is 23.0 Å². The Morgan fingerprint density at radius 1 is 1.15 bits per heavy atom. The number of benzene rings is 2. The van der Waals surface area contributed by atoms with Gasteiger partial charge >= 0.3 is 0 Å². The first kappa shape index (κ1) is 25.6. The number of methoxy groups -OCH3 is 1. The van der Waals surface area contributed by atoms with Crippen molar-refractivity contribution in [2.75, 3.05) is 50.7 Å². The molecular weight excluding hydrogens is 506 g/mol. The maximum absolute atomic E-state index is 6.40. The molecule has 0 atom stereocenters. The first-order chi connectivity index (χ1) is 19.4. The number of nitrogens with two attached hydrogens (primary N) is 1. The van der Waals surface area contributed by atoms with Gasteiger partial charge in [0.25, 0.3) is 5.89 Å². The molecule has 11 heteroatoms. The summed E-state index contributed by atoms with van der Waals surface area (Å²) in [4.78, 5) is 11.7. The quantitative estimate of drug-likeness (QED) is 0.226. The van der Waals surface area contributed by atoms with E-state index >= 15 is 0 Å². The summed E-state index contributed by atoms with van der Waals surface area (Å²) in [5.74, 6) is 1.87. The van der Waals surface area contributed by atoms with Gasteiger partial charge in [-0.25, -0.2) is 9.97 Å². The third-order valence-electron chi connectivity index (χ3n) is 7.12. The van der Waals surface area contributed by atoms with E-state index in [2.05, 4.69) is 59.7 Å². The smallest absolute Gasteiger partial charge is 0.251 e. The second kappa shape index (κ2) is 10.5. The maximum atomic E-state index is 6.40. The lowest BCUT2D eigenvalue weighted by Crippen LogP contribution is -2.21. The Bertz CT molecular complexity index is 1690. The van der Waals surface area contributed by atoms with E-state index in [1.54, 1.807) is 20.2 Å². The number of anilines is 4. The van der Waals surface area contributed by atoms with E-state index in [1.165, 1.54) is 11.1 Å². The van der Waals surface area contributed by atoms with E-state index in [0.717, 1.165) is 49.1 Å². The van der Waals surface area contributed by atoms with E-state index < -0.39 is 0 Å². The van der Waals surface area contributed by atoms with Crippen LogP contribution in [0.25, 0.3) is 33.6 Å². The van der Waals surface area contributed by atoms with Crippen LogP contribution in [0.15, 0.2) is 47.1 Å². The highest BCUT2D eigenvalue weighted by Crippen LogP contribution is 2.40. The highest BCUT2D eigenvalue weighted by atomic mass is 16.5. The molecule has 0 unspecified atom stereocenters. The lowest BCUT2D eigenvalue weighted by atomic mass is 10.0. The molecule has 0 fully saturated rings. The Labute approximate surface area is 232 Å². The van der Waals surface area contributed by atoms with Crippen LogP contribution < -0.4 is 21.1 Å². The molecule has 0 amide bonds. The minimum atomic E-state index is 0.376. The monoisotopic (exact) mass is 539 g/mol. The molecule has 3 aromatic heterocycles. The van der Waals surface area contributed by atoms with Crippen molar-refractivity contribution in [3.63, 3.8) is 0 Å². The second-order valence-electron chi connectivity index (χ2n) is 10.2. The number of nitrogens with one attached hydrogen (secondary N) is 2. The van der Waals surface area contributed by atoms with Crippen LogP contribution in [-0.4, -0.2) is 63.9 Å². The average molecular weight is 540 g/mol. The van der Waals surface area contributed by atoms with Gasteiger partial charge in [-0.3, -0.25) is 0 Å². The minimum absolute atomic E-state index is 0.376. The van der Waals surface area contributed by atoms with Crippen LogP contribution in [0, 0.1) is 6.92 Å². The van der Waals surface area contributed by atoms with Crippen molar-refractivity contribution in [1.82, 2.24) is 29.6 Å². The average Bonchev–Trinajstić information content (AvgIpc) is 3.55. The van der Waals surface area contributed by atoms with Gasteiger partial charge in [-0.15, -0.1) is 10.2 Å². The Hall–Kier alpha value is -4.64. The predicted octanol–water partition coefficient (Wildman–Crippen LogP) is 4.71. The summed E-state index contributed by atoms with van der Waals surface area (Å²) in [5.41, 5.74) is 13.4. The molecule has 0 saturated heterocycles. The molecule has 1 aliphatic heterocycles. The number of nitrogen functional groups attached to an aromatic ring is 1. The molecule has 0 radical (unpaired) electrons. The molecule has 6 rings (SSSR count). The van der Waals surface area contributed by atoms with Gasteiger partial charge in [0, 0.05) is 56.0 Å². The van der Waals surface area contributed by atoms with Crippen molar-refractivity contribution in [1.29, 1.82) is 0 Å². The van der Waals surface area contributed by atoms with Crippen molar-refractivity contribution in [2.24, 2.45) is 0 Å². The summed E-state index contributed by atoms with van der Waals surface area (Å²) in [5, 5.41) is 16.1. The highest BCUT2D eigenvalue weighted by molar-refractivity contribution is 6.00. The number of rotatable bonds is 9. The number of hydrogen-bond acceptors (Lipinski definition) is 10. The van der Waals surface area contributed by atoms with Crippen LogP contribution in [0.5, 0.6) is 5.75 Å². The zero-order valence-electron chi connectivity index (χ0n) is 23.2. The molecule has 2 aromatic carbocycles. The van der Waals surface area contributed by atoms with Crippen molar-refractivity contribution >= 4 is 33.9 Å². The van der Waals surface area contributed by atoms with Crippen LogP contribution in [0.2, 0.25) is 0 Å². The van der Waals surface area contributed by atoms with Crippen molar-refractivity contribution < 1.29 is 9.15 Å². The Balaban J connectivity index is 1.42. The van der Waals surface area contributed by atoms with Gasteiger partial charge in [0.05, 0.1) is 40.9 Å². The molecule has 11 nitrogen and oxygen atoms in total. The SMILES string of the molecule is COc1cc(NCCN(C)C)c(N)cc1Nc1ncc(-c2nnc(C)o2)c(-c2cn3c4c(cccc24)CCC3)n1. The second-order valence-corrected chi connectivity index (χ2v) is 10.2. The number of nitrogens with zero attached hydrogens (tertiary/aromatic N) is 6. The molecular formula is C29H33N9O2. The lowest BCUT2D eigenvalue weighted by molar-refractivity contribution is 0.416. The van der Waals surface area contributed by atoms with Gasteiger partial charge in [-0.1, -0.05) is 18.2 Å². The fourth-order valence-electron chi connectivity index (χ4n) is 5.20. The van der Waals surface area contributed by atoms with Gasteiger partial charge < -0.3 is 35.0 Å². The van der Waals surface area contributed by atoms with E-state index in [9.17, 15) is 0 Å². The van der Waals surface area contributed by atoms with Crippen LogP contribution in [-0.2, 0) is 13.0 Å². The van der Waals surface area contributed by atoms with Crippen molar-refractivity contribution in [3.8, 4) is 28.5 Å². The predicted molar refractivity (Wildman–Crippen MR) is 157 cm³/mol. The number of aryl methyl sites for hydroxylation is 3. The fourth-order valence-corrected chi connectivity index (χ4v) is 5.20. The van der Waals surface area contributed by atoms with Gasteiger partial charge in [0.2, 0.25) is 11.8 Å². The molecule has 5 aromatic rings. The van der Waals surface area contributed by atoms with Crippen LogP contribution in [0.3, 0.4) is 0 Å². The standard InChI is InChI=1S/C29H33N9O2/c1-17-35-36-28(40-17)20-15-32-29(33-24-13-22(30)23(14-25(24)39-4)31-10-12-37(2)3)34-26(20)21-16-38-11-6-8-18-7-5-9-19(21)27(18)38/h5,7,9,13-16,31H,6,8,10-12,30H2,1-4H3,(H,32,33,34). The molecule has 4 N–H and O–H groups in total. The number of ether oxygens (including phenoxy) is 1. The minimum Gasteiger partial charge on any atom is -0.494 e. The zero-order valence-corrected chi connectivity index (χ0v) is 23.2. The summed E-state index contributed by atoms with van der Waals surface area (Å²) in [6.45, 7) is 4.36. The fraction of sp³-hybridized carbons (Fsp3) is 0.310. The number of para-hydroxylation sites is 1. The van der Waals surface area contributed by atoms with Crippen molar-refractivity contribution in [2.45, 2.75) is 26.3 Å². The number of hydrogen-bond donors (Lipinski definition) is 3. The van der Waals surface area contributed by atoms with Gasteiger partial charge in [0.15, 0.2) is 0 Å². The normalized spacial score (nSPS) is 12.7. The Kier molecular flexibility index (Phi) is 6.72. The summed E-state index contributed by atoms with van der Waals surface area (Å²) in [6.07, 6.45) is 6.05. The molecule has 0 spiro atoms. The van der Waals surface area contributed by atoms with Crippen LogP contribution >= 0.6 is 0 Å².